The number of anilines is 1. The van der Waals surface area contributed by atoms with Crippen molar-refractivity contribution in [3.05, 3.63) is 52.8 Å². The average molecular weight is 353 g/mol. The molecule has 4 nitrogen and oxygen atoms in total. The van der Waals surface area contributed by atoms with Crippen molar-refractivity contribution in [1.82, 2.24) is 9.97 Å². The summed E-state index contributed by atoms with van der Waals surface area (Å²) >= 11 is 0. The third kappa shape index (κ3) is 5.65. The first-order valence-corrected chi connectivity index (χ1v) is 9.61. The van der Waals surface area contributed by atoms with Crippen molar-refractivity contribution in [3.8, 4) is 0 Å². The topological polar surface area (TPSA) is 50.2 Å². The molecule has 4 heteroatoms. The molecule has 0 spiro atoms. The summed E-state index contributed by atoms with van der Waals surface area (Å²) in [6.07, 6.45) is 4.07. The molecule has 0 saturated carbocycles. The quantitative estimate of drug-likeness (QED) is 0.527. The Balaban J connectivity index is 2.17. The van der Waals surface area contributed by atoms with Gasteiger partial charge in [-0.15, -0.1) is 0 Å². The maximum atomic E-state index is 4.59. The molecule has 0 fully saturated rings. The fourth-order valence-electron chi connectivity index (χ4n) is 2.78. The number of aryl methyl sites for hydroxylation is 2. The first-order chi connectivity index (χ1) is 12.3. The molecule has 1 N–H and O–H groups in total. The first kappa shape index (κ1) is 20.1. The number of hydrogen-bond acceptors (Lipinski definition) is 4. The molecule has 0 saturated heterocycles. The first-order valence-electron chi connectivity index (χ1n) is 9.61. The van der Waals surface area contributed by atoms with Crippen molar-refractivity contribution in [2.45, 2.75) is 72.6 Å². The van der Waals surface area contributed by atoms with Gasteiger partial charge in [0.2, 0.25) is 5.95 Å². The highest BCUT2D eigenvalue weighted by Gasteiger charge is 2.13. The summed E-state index contributed by atoms with van der Waals surface area (Å²) in [6, 6.07) is 10.7. The molecular weight excluding hydrogens is 320 g/mol. The Morgan fingerprint density at radius 2 is 1.50 bits per heavy atom. The summed E-state index contributed by atoms with van der Waals surface area (Å²) in [5.41, 5.74) is 8.71. The Morgan fingerprint density at radius 3 is 1.96 bits per heavy atom. The Labute approximate surface area is 158 Å². The second-order valence-corrected chi connectivity index (χ2v) is 7.81. The zero-order valence-corrected chi connectivity index (χ0v) is 17.1. The van der Waals surface area contributed by atoms with Crippen molar-refractivity contribution in [3.63, 3.8) is 0 Å². The molecule has 1 aromatic heterocycles. The van der Waals surface area contributed by atoms with Crippen LogP contribution in [0.4, 0.5) is 5.95 Å². The minimum Gasteiger partial charge on any atom is -0.245 e. The number of nitrogens with one attached hydrogen (secondary N) is 1. The molecule has 0 atom stereocenters. The maximum absolute atomic E-state index is 4.59. The van der Waals surface area contributed by atoms with Crippen LogP contribution in [0, 0.1) is 0 Å². The number of rotatable bonds is 7. The molecular formula is C22H32N4. The lowest BCUT2D eigenvalue weighted by molar-refractivity contribution is 0.590. The highest BCUT2D eigenvalue weighted by molar-refractivity contribution is 5.99. The van der Waals surface area contributed by atoms with E-state index in [2.05, 4.69) is 85.4 Å². The Hall–Kier alpha value is -2.23. The molecule has 2 rings (SSSR count). The Bertz CT molecular complexity index is 715. The molecule has 0 bridgehead atoms. The fourth-order valence-corrected chi connectivity index (χ4v) is 2.78. The predicted octanol–water partition coefficient (Wildman–Crippen LogP) is 5.52. The van der Waals surface area contributed by atoms with E-state index < -0.39 is 0 Å². The SMILES string of the molecule is CCCc1cc(CCC)nc(NN=C(C)c2ccc(C(C)(C)C)cc2)n1. The number of benzene rings is 1. The van der Waals surface area contributed by atoms with Crippen molar-refractivity contribution in [2.75, 3.05) is 5.43 Å². The Kier molecular flexibility index (Phi) is 6.90. The molecule has 1 aromatic carbocycles. The molecule has 0 aliphatic rings. The molecule has 0 aliphatic carbocycles. The lowest BCUT2D eigenvalue weighted by Gasteiger charge is -2.19. The van der Waals surface area contributed by atoms with Crippen LogP contribution in [0.15, 0.2) is 35.4 Å². The van der Waals surface area contributed by atoms with Crippen LogP contribution in [0.1, 0.15) is 76.9 Å². The molecule has 140 valence electrons. The normalized spacial score (nSPS) is 12.3. The van der Waals surface area contributed by atoms with Crippen LogP contribution in [-0.4, -0.2) is 15.7 Å². The van der Waals surface area contributed by atoms with Crippen molar-refractivity contribution in [1.29, 1.82) is 0 Å². The largest absolute Gasteiger partial charge is 0.245 e. The number of nitrogens with zero attached hydrogens (tertiary/aromatic N) is 3. The number of hydrogen-bond donors (Lipinski definition) is 1. The summed E-state index contributed by atoms with van der Waals surface area (Å²) in [7, 11) is 0. The van der Waals surface area contributed by atoms with Crippen LogP contribution < -0.4 is 5.43 Å². The van der Waals surface area contributed by atoms with E-state index in [0.29, 0.717) is 5.95 Å². The zero-order chi connectivity index (χ0) is 19.2. The third-order valence-electron chi connectivity index (χ3n) is 4.34. The smallest absolute Gasteiger partial charge is 0.243 e. The van der Waals surface area contributed by atoms with E-state index in [1.165, 1.54) is 5.56 Å². The van der Waals surface area contributed by atoms with Crippen molar-refractivity contribution in [2.24, 2.45) is 5.10 Å². The third-order valence-corrected chi connectivity index (χ3v) is 4.34. The maximum Gasteiger partial charge on any atom is 0.243 e. The van der Waals surface area contributed by atoms with Gasteiger partial charge in [-0.3, -0.25) is 0 Å². The van der Waals surface area contributed by atoms with Gasteiger partial charge in [0.15, 0.2) is 0 Å². The van der Waals surface area contributed by atoms with E-state index in [1.54, 1.807) is 0 Å². The Morgan fingerprint density at radius 1 is 0.962 bits per heavy atom. The van der Waals surface area contributed by atoms with E-state index in [0.717, 1.165) is 48.3 Å². The van der Waals surface area contributed by atoms with Crippen molar-refractivity contribution >= 4 is 11.7 Å². The van der Waals surface area contributed by atoms with E-state index in [-0.39, 0.29) is 5.41 Å². The highest BCUT2D eigenvalue weighted by Crippen LogP contribution is 2.22. The van der Waals surface area contributed by atoms with Gasteiger partial charge in [-0.25, -0.2) is 15.4 Å². The molecule has 1 heterocycles. The summed E-state index contributed by atoms with van der Waals surface area (Å²) < 4.78 is 0. The van der Waals surface area contributed by atoms with Crippen molar-refractivity contribution < 1.29 is 0 Å². The van der Waals surface area contributed by atoms with Crippen LogP contribution in [0.5, 0.6) is 0 Å². The van der Waals surface area contributed by atoms with Gasteiger partial charge in [0.1, 0.15) is 0 Å². The summed E-state index contributed by atoms with van der Waals surface area (Å²) in [5, 5.41) is 4.50. The summed E-state index contributed by atoms with van der Waals surface area (Å²) in [6.45, 7) is 13.0. The average Bonchev–Trinajstić information content (AvgIpc) is 2.59. The summed E-state index contributed by atoms with van der Waals surface area (Å²) in [5.74, 6) is 0.588. The standard InChI is InChI=1S/C22H32N4/c1-7-9-19-15-20(10-8-2)24-21(23-19)26-25-16(3)17-11-13-18(14-12-17)22(4,5)6/h11-15H,7-10H2,1-6H3,(H,23,24,26). The van der Waals surface area contributed by atoms with E-state index >= 15 is 0 Å². The van der Waals surface area contributed by atoms with E-state index in [1.807, 2.05) is 6.92 Å². The van der Waals surface area contributed by atoms with Gasteiger partial charge in [0.05, 0.1) is 5.71 Å². The lowest BCUT2D eigenvalue weighted by Crippen LogP contribution is -2.11. The minimum atomic E-state index is 0.158. The van der Waals surface area contributed by atoms with Gasteiger partial charge in [0.25, 0.3) is 0 Å². The van der Waals surface area contributed by atoms with Gasteiger partial charge in [-0.05, 0) is 42.4 Å². The van der Waals surface area contributed by atoms with E-state index in [4.69, 9.17) is 0 Å². The van der Waals surface area contributed by atoms with Gasteiger partial charge in [-0.1, -0.05) is 71.7 Å². The van der Waals surface area contributed by atoms with Gasteiger partial charge in [0, 0.05) is 11.4 Å². The number of hydrazone groups is 1. The lowest BCUT2D eigenvalue weighted by atomic mass is 9.86. The van der Waals surface area contributed by atoms with Crippen LogP contribution in [0.3, 0.4) is 0 Å². The molecule has 0 radical (unpaired) electrons. The molecule has 26 heavy (non-hydrogen) atoms. The molecule has 0 amide bonds. The van der Waals surface area contributed by atoms with Gasteiger partial charge < -0.3 is 0 Å². The minimum absolute atomic E-state index is 0.158. The number of aromatic nitrogens is 2. The van der Waals surface area contributed by atoms with Crippen LogP contribution in [0.2, 0.25) is 0 Å². The van der Waals surface area contributed by atoms with Crippen LogP contribution >= 0.6 is 0 Å². The monoisotopic (exact) mass is 352 g/mol. The predicted molar refractivity (Wildman–Crippen MR) is 111 cm³/mol. The van der Waals surface area contributed by atoms with Gasteiger partial charge >= 0.3 is 0 Å². The second-order valence-electron chi connectivity index (χ2n) is 7.81. The highest BCUT2D eigenvalue weighted by atomic mass is 15.4. The fraction of sp³-hybridized carbons (Fsp3) is 0.500. The van der Waals surface area contributed by atoms with E-state index in [9.17, 15) is 0 Å². The molecule has 0 aliphatic heterocycles. The molecule has 0 unspecified atom stereocenters. The second kappa shape index (κ2) is 8.93. The molecule has 2 aromatic rings. The van der Waals surface area contributed by atoms with Crippen LogP contribution in [0.25, 0.3) is 0 Å². The zero-order valence-electron chi connectivity index (χ0n) is 17.1. The summed E-state index contributed by atoms with van der Waals surface area (Å²) in [4.78, 5) is 9.18. The van der Waals surface area contributed by atoms with Gasteiger partial charge in [-0.2, -0.15) is 5.10 Å². The van der Waals surface area contributed by atoms with Crippen LogP contribution in [-0.2, 0) is 18.3 Å².